The van der Waals surface area contributed by atoms with Crippen LogP contribution in [0.25, 0.3) is 6.08 Å². The molecule has 0 spiro atoms. The predicted octanol–water partition coefficient (Wildman–Crippen LogP) is 2.12. The second-order valence-corrected chi connectivity index (χ2v) is 3.53. The standard InChI is InChI=1S/C12H18N2/c1-9-7-11(13)8-10(2)12(9)5-4-6-14-3/h4-5,7-8,14H,6,13H2,1-3H3. The van der Waals surface area contributed by atoms with Gasteiger partial charge in [-0.15, -0.1) is 0 Å². The van der Waals surface area contributed by atoms with E-state index in [1.54, 1.807) is 0 Å². The Bertz CT molecular complexity index is 317. The van der Waals surface area contributed by atoms with Crippen molar-refractivity contribution in [1.29, 1.82) is 0 Å². The second kappa shape index (κ2) is 4.82. The number of rotatable bonds is 3. The average molecular weight is 190 g/mol. The maximum Gasteiger partial charge on any atom is 0.0319 e. The fraction of sp³-hybridized carbons (Fsp3) is 0.333. The Morgan fingerprint density at radius 1 is 1.29 bits per heavy atom. The van der Waals surface area contributed by atoms with Gasteiger partial charge < -0.3 is 11.1 Å². The van der Waals surface area contributed by atoms with Crippen molar-refractivity contribution in [1.82, 2.24) is 5.32 Å². The summed E-state index contributed by atoms with van der Waals surface area (Å²) in [4.78, 5) is 0. The molecule has 1 rings (SSSR count). The van der Waals surface area contributed by atoms with Crippen LogP contribution in [0.3, 0.4) is 0 Å². The number of nitrogens with one attached hydrogen (secondary N) is 1. The first-order valence-electron chi connectivity index (χ1n) is 4.83. The highest BCUT2D eigenvalue weighted by atomic mass is 14.8. The van der Waals surface area contributed by atoms with Gasteiger partial charge in [-0.25, -0.2) is 0 Å². The predicted molar refractivity (Wildman–Crippen MR) is 63.3 cm³/mol. The topological polar surface area (TPSA) is 38.0 Å². The van der Waals surface area contributed by atoms with Crippen LogP contribution in [-0.4, -0.2) is 13.6 Å². The van der Waals surface area contributed by atoms with Crippen LogP contribution in [0.15, 0.2) is 18.2 Å². The van der Waals surface area contributed by atoms with Crippen LogP contribution in [0.5, 0.6) is 0 Å². The lowest BCUT2D eigenvalue weighted by molar-refractivity contribution is 0.922. The summed E-state index contributed by atoms with van der Waals surface area (Å²) in [5, 5.41) is 3.08. The highest BCUT2D eigenvalue weighted by Gasteiger charge is 1.99. The maximum atomic E-state index is 5.75. The first kappa shape index (κ1) is 10.8. The molecule has 0 aliphatic rings. The van der Waals surface area contributed by atoms with Crippen LogP contribution < -0.4 is 11.1 Å². The molecule has 0 heterocycles. The molecule has 3 N–H and O–H groups in total. The van der Waals surface area contributed by atoms with Crippen LogP contribution in [-0.2, 0) is 0 Å². The normalized spacial score (nSPS) is 11.1. The number of aryl methyl sites for hydroxylation is 2. The Morgan fingerprint density at radius 3 is 2.36 bits per heavy atom. The van der Waals surface area contributed by atoms with Gasteiger partial charge >= 0.3 is 0 Å². The third-order valence-corrected chi connectivity index (χ3v) is 2.22. The van der Waals surface area contributed by atoms with Gasteiger partial charge in [0.05, 0.1) is 0 Å². The molecule has 1 aromatic carbocycles. The van der Waals surface area contributed by atoms with Crippen LogP contribution in [0.2, 0.25) is 0 Å². The van der Waals surface area contributed by atoms with Crippen molar-refractivity contribution in [3.8, 4) is 0 Å². The zero-order valence-electron chi connectivity index (χ0n) is 9.09. The molecule has 0 saturated heterocycles. The lowest BCUT2D eigenvalue weighted by Gasteiger charge is -2.06. The van der Waals surface area contributed by atoms with Crippen molar-refractivity contribution < 1.29 is 0 Å². The van der Waals surface area contributed by atoms with Crippen molar-refractivity contribution in [2.24, 2.45) is 0 Å². The summed E-state index contributed by atoms with van der Waals surface area (Å²) in [6.45, 7) is 5.06. The largest absolute Gasteiger partial charge is 0.399 e. The zero-order chi connectivity index (χ0) is 10.6. The number of hydrogen-bond donors (Lipinski definition) is 2. The summed E-state index contributed by atoms with van der Waals surface area (Å²) in [6, 6.07) is 4.01. The lowest BCUT2D eigenvalue weighted by Crippen LogP contribution is -2.03. The molecular formula is C12H18N2. The number of benzene rings is 1. The van der Waals surface area contributed by atoms with E-state index >= 15 is 0 Å². The first-order valence-corrected chi connectivity index (χ1v) is 4.83. The number of hydrogen-bond acceptors (Lipinski definition) is 2. The van der Waals surface area contributed by atoms with Crippen LogP contribution in [0, 0.1) is 13.8 Å². The number of anilines is 1. The van der Waals surface area contributed by atoms with E-state index in [1.807, 2.05) is 19.2 Å². The van der Waals surface area contributed by atoms with Gasteiger partial charge in [-0.05, 0) is 49.7 Å². The van der Waals surface area contributed by atoms with E-state index in [2.05, 4.69) is 31.3 Å². The van der Waals surface area contributed by atoms with Crippen molar-refractivity contribution in [3.63, 3.8) is 0 Å². The molecule has 0 unspecified atom stereocenters. The second-order valence-electron chi connectivity index (χ2n) is 3.53. The van der Waals surface area contributed by atoms with Gasteiger partial charge in [-0.2, -0.15) is 0 Å². The number of nitrogen functional groups attached to an aromatic ring is 1. The maximum absolute atomic E-state index is 5.75. The molecule has 0 amide bonds. The van der Waals surface area contributed by atoms with Gasteiger partial charge in [0.2, 0.25) is 0 Å². The van der Waals surface area contributed by atoms with E-state index in [-0.39, 0.29) is 0 Å². The third kappa shape index (κ3) is 2.60. The zero-order valence-corrected chi connectivity index (χ0v) is 9.09. The monoisotopic (exact) mass is 190 g/mol. The molecule has 0 aliphatic heterocycles. The molecule has 0 fully saturated rings. The molecule has 0 aliphatic carbocycles. The molecule has 14 heavy (non-hydrogen) atoms. The molecule has 76 valence electrons. The Labute approximate surface area is 85.8 Å². The summed E-state index contributed by atoms with van der Waals surface area (Å²) < 4.78 is 0. The van der Waals surface area contributed by atoms with Gasteiger partial charge in [-0.1, -0.05) is 12.2 Å². The van der Waals surface area contributed by atoms with E-state index < -0.39 is 0 Å². The van der Waals surface area contributed by atoms with Crippen LogP contribution in [0.1, 0.15) is 16.7 Å². The smallest absolute Gasteiger partial charge is 0.0319 e. The highest BCUT2D eigenvalue weighted by molar-refractivity contribution is 5.62. The van der Waals surface area contributed by atoms with E-state index in [0.29, 0.717) is 0 Å². The third-order valence-electron chi connectivity index (χ3n) is 2.22. The van der Waals surface area contributed by atoms with E-state index in [9.17, 15) is 0 Å². The molecule has 0 saturated carbocycles. The Morgan fingerprint density at radius 2 is 1.86 bits per heavy atom. The minimum absolute atomic E-state index is 0.839. The highest BCUT2D eigenvalue weighted by Crippen LogP contribution is 2.19. The average Bonchev–Trinajstić information content (AvgIpc) is 2.09. The van der Waals surface area contributed by atoms with Gasteiger partial charge in [0.25, 0.3) is 0 Å². The minimum atomic E-state index is 0.839. The van der Waals surface area contributed by atoms with Crippen molar-refractivity contribution >= 4 is 11.8 Å². The quantitative estimate of drug-likeness (QED) is 0.716. The Kier molecular flexibility index (Phi) is 3.72. The molecule has 2 heteroatoms. The fourth-order valence-electron chi connectivity index (χ4n) is 1.57. The SMILES string of the molecule is CNCC=Cc1c(C)cc(N)cc1C. The summed E-state index contributed by atoms with van der Waals surface area (Å²) >= 11 is 0. The fourth-order valence-corrected chi connectivity index (χ4v) is 1.57. The van der Waals surface area contributed by atoms with Gasteiger partial charge in [0.15, 0.2) is 0 Å². The van der Waals surface area contributed by atoms with E-state index in [4.69, 9.17) is 5.73 Å². The van der Waals surface area contributed by atoms with Crippen molar-refractivity contribution in [3.05, 3.63) is 34.9 Å². The van der Waals surface area contributed by atoms with Gasteiger partial charge in [0, 0.05) is 12.2 Å². The minimum Gasteiger partial charge on any atom is -0.399 e. The lowest BCUT2D eigenvalue weighted by atomic mass is 10.0. The molecule has 1 aromatic rings. The molecular weight excluding hydrogens is 172 g/mol. The molecule has 0 aromatic heterocycles. The van der Waals surface area contributed by atoms with Crippen LogP contribution in [0.4, 0.5) is 5.69 Å². The van der Waals surface area contributed by atoms with Crippen LogP contribution >= 0.6 is 0 Å². The van der Waals surface area contributed by atoms with Gasteiger partial charge in [0.1, 0.15) is 0 Å². The summed E-state index contributed by atoms with van der Waals surface area (Å²) in [6.07, 6.45) is 4.26. The number of nitrogens with two attached hydrogens (primary N) is 1. The van der Waals surface area contributed by atoms with E-state index in [1.165, 1.54) is 16.7 Å². The van der Waals surface area contributed by atoms with Gasteiger partial charge in [-0.3, -0.25) is 0 Å². The van der Waals surface area contributed by atoms with Crippen molar-refractivity contribution in [2.75, 3.05) is 19.3 Å². The summed E-state index contributed by atoms with van der Waals surface area (Å²) in [5.41, 5.74) is 10.3. The molecule has 0 radical (unpaired) electrons. The summed E-state index contributed by atoms with van der Waals surface area (Å²) in [7, 11) is 1.94. The molecule has 2 nitrogen and oxygen atoms in total. The summed E-state index contributed by atoms with van der Waals surface area (Å²) in [5.74, 6) is 0. The Hall–Kier alpha value is -1.28. The first-order chi connectivity index (χ1) is 6.65. The van der Waals surface area contributed by atoms with Crippen molar-refractivity contribution in [2.45, 2.75) is 13.8 Å². The molecule has 0 bridgehead atoms. The molecule has 0 atom stereocenters. The number of likely N-dealkylation sites (N-methyl/N-ethyl adjacent to an activating group) is 1. The van der Waals surface area contributed by atoms with E-state index in [0.717, 1.165) is 12.2 Å². The Balaban J connectivity index is 2.96.